The molecule has 0 bridgehead atoms. The molecule has 1 aromatic heterocycles. The number of aromatic nitrogens is 1. The molecule has 0 unspecified atom stereocenters. The highest BCUT2D eigenvalue weighted by atomic mass is 32.2. The molecule has 3 nitrogen and oxygen atoms in total. The molecule has 0 aromatic carbocycles. The van der Waals surface area contributed by atoms with Gasteiger partial charge >= 0.3 is 0 Å². The maximum atomic E-state index is 11.1. The molecule has 0 N–H and O–H groups in total. The maximum absolute atomic E-state index is 11.1. The minimum atomic E-state index is -3.02. The number of sulfone groups is 1. The van der Waals surface area contributed by atoms with Crippen LogP contribution in [0, 0.1) is 0 Å². The summed E-state index contributed by atoms with van der Waals surface area (Å²) in [6.45, 7) is 0. The Bertz CT molecular complexity index is 434. The average Bonchev–Trinajstić information content (AvgIpc) is 2.02. The molecule has 1 aliphatic heterocycles. The molecule has 4 heteroatoms. The van der Waals surface area contributed by atoms with E-state index in [0.717, 1.165) is 11.1 Å². The van der Waals surface area contributed by atoms with Crippen molar-refractivity contribution in [3.8, 4) is 0 Å². The molecule has 12 heavy (non-hydrogen) atoms. The molecule has 0 fully saturated rings. The van der Waals surface area contributed by atoms with Crippen LogP contribution in [0.5, 0.6) is 0 Å². The molecule has 1 aliphatic rings. The molecular weight excluding hydrogens is 174 g/mol. The van der Waals surface area contributed by atoms with E-state index in [1.165, 1.54) is 5.41 Å². The van der Waals surface area contributed by atoms with Crippen LogP contribution in [0.3, 0.4) is 0 Å². The van der Waals surface area contributed by atoms with Crippen LogP contribution in [0.4, 0.5) is 0 Å². The van der Waals surface area contributed by atoms with Crippen molar-refractivity contribution in [2.75, 3.05) is 0 Å². The predicted octanol–water partition coefficient (Wildman–Crippen LogP) is 0.981. The van der Waals surface area contributed by atoms with Gasteiger partial charge in [-0.3, -0.25) is 4.98 Å². The molecular formula is C8H7NO2S. The predicted molar refractivity (Wildman–Crippen MR) is 45.9 cm³/mol. The van der Waals surface area contributed by atoms with Crippen molar-refractivity contribution < 1.29 is 8.42 Å². The first-order valence-electron chi connectivity index (χ1n) is 3.51. The second-order valence-corrected chi connectivity index (χ2v) is 4.57. The fraction of sp³-hybridized carbons (Fsp3) is 0.125. The van der Waals surface area contributed by atoms with Crippen molar-refractivity contribution in [2.45, 2.75) is 5.75 Å². The highest BCUT2D eigenvalue weighted by molar-refractivity contribution is 7.93. The third-order valence-corrected chi connectivity index (χ3v) is 3.02. The van der Waals surface area contributed by atoms with Crippen LogP contribution in [-0.4, -0.2) is 13.4 Å². The minimum absolute atomic E-state index is 0.0761. The number of fused-ring (bicyclic) bond motifs is 1. The van der Waals surface area contributed by atoms with Gasteiger partial charge in [0.05, 0.1) is 5.75 Å². The van der Waals surface area contributed by atoms with Crippen molar-refractivity contribution in [1.29, 1.82) is 0 Å². The third kappa shape index (κ3) is 1.25. The maximum Gasteiger partial charge on any atom is 0.175 e. The van der Waals surface area contributed by atoms with Gasteiger partial charge in [0.15, 0.2) is 9.84 Å². The largest absolute Gasteiger partial charge is 0.264 e. The van der Waals surface area contributed by atoms with Gasteiger partial charge in [-0.2, -0.15) is 0 Å². The SMILES string of the molecule is O=S1(=O)C=Cc2ccncc2C1. The summed E-state index contributed by atoms with van der Waals surface area (Å²) in [6, 6.07) is 1.81. The molecule has 0 saturated heterocycles. The van der Waals surface area contributed by atoms with E-state index in [0.29, 0.717) is 0 Å². The average molecular weight is 181 g/mol. The Labute approximate surface area is 70.7 Å². The van der Waals surface area contributed by atoms with Gasteiger partial charge < -0.3 is 0 Å². The van der Waals surface area contributed by atoms with Gasteiger partial charge in [-0.25, -0.2) is 8.42 Å². The summed E-state index contributed by atoms with van der Waals surface area (Å²) < 4.78 is 22.2. The summed E-state index contributed by atoms with van der Waals surface area (Å²) in [7, 11) is -3.02. The molecule has 0 saturated carbocycles. The van der Waals surface area contributed by atoms with Crippen LogP contribution < -0.4 is 0 Å². The van der Waals surface area contributed by atoms with E-state index in [-0.39, 0.29) is 5.75 Å². The van der Waals surface area contributed by atoms with Gasteiger partial charge in [-0.05, 0) is 23.3 Å². The van der Waals surface area contributed by atoms with Crippen LogP contribution >= 0.6 is 0 Å². The summed E-state index contributed by atoms with van der Waals surface area (Å²) in [4.78, 5) is 3.87. The second kappa shape index (κ2) is 2.42. The van der Waals surface area contributed by atoms with Gasteiger partial charge in [0.2, 0.25) is 0 Å². The molecule has 0 atom stereocenters. The fourth-order valence-corrected chi connectivity index (χ4v) is 2.29. The molecule has 0 radical (unpaired) electrons. The van der Waals surface area contributed by atoms with E-state index in [9.17, 15) is 8.42 Å². The van der Waals surface area contributed by atoms with E-state index < -0.39 is 9.84 Å². The summed E-state index contributed by atoms with van der Waals surface area (Å²) in [5.41, 5.74) is 1.72. The Hall–Kier alpha value is -1.16. The van der Waals surface area contributed by atoms with E-state index in [2.05, 4.69) is 4.98 Å². The van der Waals surface area contributed by atoms with Gasteiger partial charge in [-0.15, -0.1) is 0 Å². The molecule has 1 aromatic rings. The number of pyridine rings is 1. The Morgan fingerprint density at radius 1 is 1.42 bits per heavy atom. The van der Waals surface area contributed by atoms with E-state index >= 15 is 0 Å². The summed E-state index contributed by atoms with van der Waals surface area (Å²) >= 11 is 0. The highest BCUT2D eigenvalue weighted by Crippen LogP contribution is 2.19. The fourth-order valence-electron chi connectivity index (χ4n) is 1.16. The van der Waals surface area contributed by atoms with Gasteiger partial charge in [0.1, 0.15) is 0 Å². The van der Waals surface area contributed by atoms with E-state index in [1.807, 2.05) is 0 Å². The Kier molecular flexibility index (Phi) is 1.51. The molecule has 2 rings (SSSR count). The molecule has 2 heterocycles. The lowest BCUT2D eigenvalue weighted by atomic mass is 10.1. The topological polar surface area (TPSA) is 47.0 Å². The third-order valence-electron chi connectivity index (χ3n) is 1.75. The lowest BCUT2D eigenvalue weighted by Crippen LogP contribution is -2.06. The molecule has 0 spiro atoms. The van der Waals surface area contributed by atoms with E-state index in [4.69, 9.17) is 0 Å². The monoisotopic (exact) mass is 181 g/mol. The number of rotatable bonds is 0. The van der Waals surface area contributed by atoms with Crippen LogP contribution in [0.1, 0.15) is 11.1 Å². The Morgan fingerprint density at radius 2 is 2.25 bits per heavy atom. The van der Waals surface area contributed by atoms with Crippen molar-refractivity contribution >= 4 is 15.9 Å². The molecule has 62 valence electrons. The van der Waals surface area contributed by atoms with Crippen LogP contribution in [0.2, 0.25) is 0 Å². The zero-order valence-corrected chi connectivity index (χ0v) is 7.08. The van der Waals surface area contributed by atoms with Gasteiger partial charge in [0.25, 0.3) is 0 Å². The van der Waals surface area contributed by atoms with Gasteiger partial charge in [0, 0.05) is 17.8 Å². The highest BCUT2D eigenvalue weighted by Gasteiger charge is 2.14. The first-order chi connectivity index (χ1) is 5.67. The smallest absolute Gasteiger partial charge is 0.175 e. The van der Waals surface area contributed by atoms with Gasteiger partial charge in [-0.1, -0.05) is 0 Å². The zero-order chi connectivity index (χ0) is 8.60. The van der Waals surface area contributed by atoms with Crippen molar-refractivity contribution in [3.05, 3.63) is 35.0 Å². The van der Waals surface area contributed by atoms with E-state index in [1.54, 1.807) is 24.5 Å². The summed E-state index contributed by atoms with van der Waals surface area (Å²) in [5, 5.41) is 1.25. The molecule has 0 aliphatic carbocycles. The normalized spacial score (nSPS) is 18.7. The summed E-state index contributed by atoms with van der Waals surface area (Å²) in [5.74, 6) is 0.0761. The molecule has 0 amide bonds. The summed E-state index contributed by atoms with van der Waals surface area (Å²) in [6.07, 6.45) is 4.85. The van der Waals surface area contributed by atoms with Crippen LogP contribution in [0.15, 0.2) is 23.9 Å². The standard InChI is InChI=1S/C8H7NO2S/c10-12(11)4-2-7-1-3-9-5-8(7)6-12/h1-5H,6H2. The Balaban J connectivity index is 2.61. The Morgan fingerprint density at radius 3 is 3.08 bits per heavy atom. The number of nitrogens with zero attached hydrogens (tertiary/aromatic N) is 1. The zero-order valence-electron chi connectivity index (χ0n) is 6.27. The quantitative estimate of drug-likeness (QED) is 0.599. The lowest BCUT2D eigenvalue weighted by Gasteiger charge is -2.08. The van der Waals surface area contributed by atoms with Crippen LogP contribution in [0.25, 0.3) is 6.08 Å². The van der Waals surface area contributed by atoms with Crippen molar-refractivity contribution in [2.24, 2.45) is 0 Å². The first kappa shape index (κ1) is 7.49. The second-order valence-electron chi connectivity index (χ2n) is 2.68. The first-order valence-corrected chi connectivity index (χ1v) is 5.23. The van der Waals surface area contributed by atoms with Crippen LogP contribution in [-0.2, 0) is 15.6 Å². The number of hydrogen-bond acceptors (Lipinski definition) is 3. The lowest BCUT2D eigenvalue weighted by molar-refractivity contribution is 0.603. The van der Waals surface area contributed by atoms with Crippen molar-refractivity contribution in [1.82, 2.24) is 4.98 Å². The van der Waals surface area contributed by atoms with Crippen molar-refractivity contribution in [3.63, 3.8) is 0 Å². The minimum Gasteiger partial charge on any atom is -0.264 e. The number of hydrogen-bond donors (Lipinski definition) is 0.